The van der Waals surface area contributed by atoms with E-state index in [1.54, 1.807) is 0 Å². The second-order valence-electron chi connectivity index (χ2n) is 3.45. The molecule has 0 saturated carbocycles. The number of hydrogen-bond donors (Lipinski definition) is 2. The zero-order valence-electron chi connectivity index (χ0n) is 7.60. The number of benzene rings is 1. The predicted octanol–water partition coefficient (Wildman–Crippen LogP) is 3.07. The minimum absolute atomic E-state index is 0.544. The van der Waals surface area contributed by atoms with E-state index in [1.807, 2.05) is 0 Å². The molecule has 1 aromatic rings. The highest BCUT2D eigenvalue weighted by Crippen LogP contribution is 2.28. The first-order valence-electron chi connectivity index (χ1n) is 4.55. The number of anilines is 2. The fourth-order valence-corrected chi connectivity index (χ4v) is 1.91. The molecular formula is C10H13BrN2. The average molecular weight is 241 g/mol. The Labute approximate surface area is 86.9 Å². The van der Waals surface area contributed by atoms with Crippen LogP contribution in [0.25, 0.3) is 0 Å². The van der Waals surface area contributed by atoms with E-state index in [1.165, 1.54) is 11.4 Å². The molecule has 1 aliphatic heterocycles. The molecule has 0 aromatic heterocycles. The lowest BCUT2D eigenvalue weighted by Crippen LogP contribution is -2.14. The third-order valence-corrected chi connectivity index (χ3v) is 2.77. The Kier molecular flexibility index (Phi) is 2.44. The van der Waals surface area contributed by atoms with Gasteiger partial charge in [-0.2, -0.15) is 0 Å². The molecule has 2 N–H and O–H groups in total. The van der Waals surface area contributed by atoms with Crippen molar-refractivity contribution in [2.45, 2.75) is 19.4 Å². The van der Waals surface area contributed by atoms with E-state index in [2.05, 4.69) is 51.7 Å². The smallest absolute Gasteiger partial charge is 0.0589 e. The molecule has 0 saturated heterocycles. The van der Waals surface area contributed by atoms with Gasteiger partial charge in [0.1, 0.15) is 0 Å². The van der Waals surface area contributed by atoms with E-state index in [0.717, 1.165) is 17.4 Å². The monoisotopic (exact) mass is 240 g/mol. The van der Waals surface area contributed by atoms with Crippen molar-refractivity contribution >= 4 is 27.3 Å². The molecule has 2 rings (SSSR count). The second kappa shape index (κ2) is 3.58. The van der Waals surface area contributed by atoms with Crippen molar-refractivity contribution in [1.82, 2.24) is 0 Å². The first kappa shape index (κ1) is 8.88. The molecule has 70 valence electrons. The number of fused-ring (bicyclic) bond motifs is 1. The first-order valence-corrected chi connectivity index (χ1v) is 5.35. The van der Waals surface area contributed by atoms with Gasteiger partial charge in [0.05, 0.1) is 11.4 Å². The molecule has 0 fully saturated rings. The van der Waals surface area contributed by atoms with E-state index in [4.69, 9.17) is 0 Å². The quantitative estimate of drug-likeness (QED) is 0.729. The van der Waals surface area contributed by atoms with E-state index >= 15 is 0 Å². The van der Waals surface area contributed by atoms with Crippen molar-refractivity contribution in [3.05, 3.63) is 22.7 Å². The summed E-state index contributed by atoms with van der Waals surface area (Å²) in [5.41, 5.74) is 2.40. The lowest BCUT2D eigenvalue weighted by molar-refractivity contribution is 0.745. The Morgan fingerprint density at radius 3 is 3.08 bits per heavy atom. The van der Waals surface area contributed by atoms with Crippen LogP contribution in [0.15, 0.2) is 22.7 Å². The van der Waals surface area contributed by atoms with Gasteiger partial charge >= 0.3 is 0 Å². The van der Waals surface area contributed by atoms with Crippen LogP contribution in [0.1, 0.15) is 13.3 Å². The van der Waals surface area contributed by atoms with Crippen LogP contribution in [0, 0.1) is 0 Å². The fraction of sp³-hybridized carbons (Fsp3) is 0.400. The number of halogens is 1. The second-order valence-corrected chi connectivity index (χ2v) is 4.37. The van der Waals surface area contributed by atoms with Gasteiger partial charge in [-0.25, -0.2) is 0 Å². The van der Waals surface area contributed by atoms with Gasteiger partial charge in [-0.05, 0) is 31.5 Å². The SMILES string of the molecule is CC1CCNc2ccc(Br)cc2N1. The van der Waals surface area contributed by atoms with E-state index < -0.39 is 0 Å². The Hall–Kier alpha value is -0.700. The minimum Gasteiger partial charge on any atom is -0.383 e. The van der Waals surface area contributed by atoms with Gasteiger partial charge < -0.3 is 10.6 Å². The van der Waals surface area contributed by atoms with Crippen molar-refractivity contribution in [2.75, 3.05) is 17.2 Å². The third kappa shape index (κ3) is 1.97. The van der Waals surface area contributed by atoms with Crippen LogP contribution in [-0.2, 0) is 0 Å². The molecule has 3 heteroatoms. The Morgan fingerprint density at radius 1 is 1.38 bits per heavy atom. The van der Waals surface area contributed by atoms with Gasteiger partial charge in [-0.15, -0.1) is 0 Å². The van der Waals surface area contributed by atoms with Crippen LogP contribution in [0.5, 0.6) is 0 Å². The highest BCUT2D eigenvalue weighted by molar-refractivity contribution is 9.10. The van der Waals surface area contributed by atoms with E-state index in [0.29, 0.717) is 6.04 Å². The van der Waals surface area contributed by atoms with Gasteiger partial charge in [-0.1, -0.05) is 15.9 Å². The molecule has 0 spiro atoms. The molecule has 1 unspecified atom stereocenters. The maximum atomic E-state index is 3.47. The summed E-state index contributed by atoms with van der Waals surface area (Å²) in [4.78, 5) is 0. The van der Waals surface area contributed by atoms with Gasteiger partial charge in [-0.3, -0.25) is 0 Å². The largest absolute Gasteiger partial charge is 0.383 e. The van der Waals surface area contributed by atoms with Crippen LogP contribution in [0.2, 0.25) is 0 Å². The molecule has 13 heavy (non-hydrogen) atoms. The van der Waals surface area contributed by atoms with Crippen LogP contribution in [0.3, 0.4) is 0 Å². The molecule has 0 amide bonds. The molecule has 1 atom stereocenters. The zero-order valence-corrected chi connectivity index (χ0v) is 9.19. The van der Waals surface area contributed by atoms with Crippen molar-refractivity contribution < 1.29 is 0 Å². The summed E-state index contributed by atoms with van der Waals surface area (Å²) in [6.45, 7) is 3.25. The average Bonchev–Trinajstić information content (AvgIpc) is 2.25. The Bertz CT molecular complexity index is 312. The summed E-state index contributed by atoms with van der Waals surface area (Å²) in [7, 11) is 0. The molecule has 1 aliphatic rings. The normalized spacial score (nSPS) is 20.9. The highest BCUT2D eigenvalue weighted by Gasteiger charge is 2.10. The maximum Gasteiger partial charge on any atom is 0.0589 e. The van der Waals surface area contributed by atoms with Crippen molar-refractivity contribution in [3.8, 4) is 0 Å². The summed E-state index contributed by atoms with van der Waals surface area (Å²) in [6.07, 6.45) is 1.16. The van der Waals surface area contributed by atoms with Crippen molar-refractivity contribution in [1.29, 1.82) is 0 Å². The lowest BCUT2D eigenvalue weighted by atomic mass is 10.2. The third-order valence-electron chi connectivity index (χ3n) is 2.28. The van der Waals surface area contributed by atoms with Crippen molar-refractivity contribution in [3.63, 3.8) is 0 Å². The summed E-state index contributed by atoms with van der Waals surface area (Å²) in [5.74, 6) is 0. The topological polar surface area (TPSA) is 24.1 Å². The molecule has 0 aliphatic carbocycles. The van der Waals surface area contributed by atoms with Crippen LogP contribution in [-0.4, -0.2) is 12.6 Å². The number of nitrogens with one attached hydrogen (secondary N) is 2. The van der Waals surface area contributed by atoms with Gasteiger partial charge in [0, 0.05) is 17.1 Å². The molecule has 0 radical (unpaired) electrons. The van der Waals surface area contributed by atoms with Gasteiger partial charge in [0.15, 0.2) is 0 Å². The summed E-state index contributed by atoms with van der Waals surface area (Å²) in [5, 5.41) is 6.87. The number of hydrogen-bond acceptors (Lipinski definition) is 2. The fourth-order valence-electron chi connectivity index (χ4n) is 1.55. The summed E-state index contributed by atoms with van der Waals surface area (Å²) >= 11 is 3.47. The Morgan fingerprint density at radius 2 is 2.23 bits per heavy atom. The van der Waals surface area contributed by atoms with Gasteiger partial charge in [0.25, 0.3) is 0 Å². The molecule has 1 heterocycles. The van der Waals surface area contributed by atoms with Crippen molar-refractivity contribution in [2.24, 2.45) is 0 Å². The first-order chi connectivity index (χ1) is 6.25. The molecular weight excluding hydrogens is 228 g/mol. The van der Waals surface area contributed by atoms with E-state index in [9.17, 15) is 0 Å². The van der Waals surface area contributed by atoms with Gasteiger partial charge in [0.2, 0.25) is 0 Å². The highest BCUT2D eigenvalue weighted by atomic mass is 79.9. The lowest BCUT2D eigenvalue weighted by Gasteiger charge is -2.12. The predicted molar refractivity (Wildman–Crippen MR) is 60.3 cm³/mol. The molecule has 1 aromatic carbocycles. The number of rotatable bonds is 0. The summed E-state index contributed by atoms with van der Waals surface area (Å²) < 4.78 is 1.12. The van der Waals surface area contributed by atoms with Crippen LogP contribution >= 0.6 is 15.9 Å². The molecule has 2 nitrogen and oxygen atoms in total. The zero-order chi connectivity index (χ0) is 9.26. The Balaban J connectivity index is 2.35. The molecule has 0 bridgehead atoms. The summed E-state index contributed by atoms with van der Waals surface area (Å²) in [6, 6.07) is 6.82. The van der Waals surface area contributed by atoms with E-state index in [-0.39, 0.29) is 0 Å². The maximum absolute atomic E-state index is 3.47. The van der Waals surface area contributed by atoms with Crippen LogP contribution < -0.4 is 10.6 Å². The van der Waals surface area contributed by atoms with Crippen LogP contribution in [0.4, 0.5) is 11.4 Å². The minimum atomic E-state index is 0.544. The standard InChI is InChI=1S/C10H13BrN2/c1-7-4-5-12-9-3-2-8(11)6-10(9)13-7/h2-3,6-7,12-13H,4-5H2,1H3.